The van der Waals surface area contributed by atoms with Crippen LogP contribution in [0.3, 0.4) is 0 Å². The molecule has 0 bridgehead atoms. The molecule has 0 aliphatic carbocycles. The number of aromatic nitrogens is 2. The van der Waals surface area contributed by atoms with Crippen LogP contribution in [0.1, 0.15) is 12.2 Å². The van der Waals surface area contributed by atoms with Crippen LogP contribution in [-0.2, 0) is 29.9 Å². The first-order chi connectivity index (χ1) is 9.61. The van der Waals surface area contributed by atoms with Gasteiger partial charge in [-0.05, 0) is 12.1 Å². The second-order valence-electron chi connectivity index (χ2n) is 4.66. The van der Waals surface area contributed by atoms with E-state index in [1.807, 2.05) is 0 Å². The molecule has 1 N–H and O–H groups in total. The van der Waals surface area contributed by atoms with E-state index in [0.717, 1.165) is 9.13 Å². The van der Waals surface area contributed by atoms with Crippen LogP contribution in [0.2, 0.25) is 0 Å². The second-order valence-corrected chi connectivity index (χ2v) is 6.23. The SMILES string of the molecule is C[n+]1c(C(F)(F)F)n(CCCS(=O)(=O)O)c2ccccc21. The van der Waals surface area contributed by atoms with Crippen molar-refractivity contribution in [2.75, 3.05) is 5.75 Å². The van der Waals surface area contributed by atoms with Gasteiger partial charge < -0.3 is 0 Å². The molecule has 0 unspecified atom stereocenters. The minimum Gasteiger partial charge on any atom is -0.286 e. The average molecular weight is 323 g/mol. The molecule has 0 saturated heterocycles. The van der Waals surface area contributed by atoms with Crippen molar-refractivity contribution in [3.63, 3.8) is 0 Å². The topological polar surface area (TPSA) is 63.2 Å². The van der Waals surface area contributed by atoms with Gasteiger partial charge in [-0.25, -0.2) is 9.13 Å². The summed E-state index contributed by atoms with van der Waals surface area (Å²) >= 11 is 0. The van der Waals surface area contributed by atoms with Gasteiger partial charge in [0.05, 0.1) is 19.3 Å². The molecule has 2 rings (SSSR count). The largest absolute Gasteiger partial charge is 0.495 e. The van der Waals surface area contributed by atoms with Crippen molar-refractivity contribution in [1.82, 2.24) is 4.57 Å². The molecule has 1 heterocycles. The molecule has 2 aromatic rings. The Hall–Kier alpha value is -1.61. The Labute approximate surface area is 119 Å². The minimum atomic E-state index is -4.56. The van der Waals surface area contributed by atoms with Gasteiger partial charge in [0.2, 0.25) is 0 Å². The summed E-state index contributed by atoms with van der Waals surface area (Å²) in [6.45, 7) is -0.157. The lowest BCUT2D eigenvalue weighted by molar-refractivity contribution is -0.667. The summed E-state index contributed by atoms with van der Waals surface area (Å²) in [6, 6.07) is 6.34. The van der Waals surface area contributed by atoms with E-state index >= 15 is 0 Å². The maximum Gasteiger partial charge on any atom is 0.495 e. The Kier molecular flexibility index (Phi) is 3.98. The van der Waals surface area contributed by atoms with Gasteiger partial charge in [-0.15, -0.1) is 0 Å². The molecule has 21 heavy (non-hydrogen) atoms. The fourth-order valence-corrected chi connectivity index (χ4v) is 2.85. The molecule has 0 radical (unpaired) electrons. The van der Waals surface area contributed by atoms with Gasteiger partial charge in [0.15, 0.2) is 11.0 Å². The summed E-state index contributed by atoms with van der Waals surface area (Å²) in [5.74, 6) is -1.44. The predicted octanol–water partition coefficient (Wildman–Crippen LogP) is 1.76. The molecule has 0 amide bonds. The van der Waals surface area contributed by atoms with Gasteiger partial charge in [0.1, 0.15) is 0 Å². The zero-order valence-electron chi connectivity index (χ0n) is 11.1. The van der Waals surface area contributed by atoms with Gasteiger partial charge in [-0.2, -0.15) is 21.6 Å². The van der Waals surface area contributed by atoms with Crippen molar-refractivity contribution in [3.8, 4) is 0 Å². The first-order valence-corrected chi connectivity index (χ1v) is 7.72. The number of rotatable bonds is 4. The van der Waals surface area contributed by atoms with Gasteiger partial charge in [-0.3, -0.25) is 4.55 Å². The Morgan fingerprint density at radius 1 is 1.29 bits per heavy atom. The number of alkyl halides is 3. The molecule has 1 aromatic heterocycles. The van der Waals surface area contributed by atoms with E-state index in [0.29, 0.717) is 11.0 Å². The lowest BCUT2D eigenvalue weighted by Crippen LogP contribution is -2.38. The maximum atomic E-state index is 13.2. The molecule has 116 valence electrons. The van der Waals surface area contributed by atoms with Gasteiger partial charge in [0, 0.05) is 6.42 Å². The highest BCUT2D eigenvalue weighted by molar-refractivity contribution is 7.85. The quantitative estimate of drug-likeness (QED) is 0.689. The number of halogens is 3. The third-order valence-corrected chi connectivity index (χ3v) is 3.95. The van der Waals surface area contributed by atoms with E-state index in [4.69, 9.17) is 4.55 Å². The first-order valence-electron chi connectivity index (χ1n) is 6.11. The molecule has 5 nitrogen and oxygen atoms in total. The predicted molar refractivity (Wildman–Crippen MR) is 69.1 cm³/mol. The van der Waals surface area contributed by atoms with Crippen molar-refractivity contribution in [2.45, 2.75) is 19.1 Å². The minimum absolute atomic E-state index is 0.111. The molecule has 1 aromatic carbocycles. The lowest BCUT2D eigenvalue weighted by Gasteiger charge is -2.05. The van der Waals surface area contributed by atoms with Crippen molar-refractivity contribution in [3.05, 3.63) is 30.1 Å². The highest BCUT2D eigenvalue weighted by Gasteiger charge is 2.46. The smallest absolute Gasteiger partial charge is 0.286 e. The second kappa shape index (κ2) is 5.30. The Balaban J connectivity index is 2.49. The molecule has 0 saturated carbocycles. The molecule has 0 fully saturated rings. The molecular weight excluding hydrogens is 309 g/mol. The van der Waals surface area contributed by atoms with Crippen LogP contribution in [-0.4, -0.2) is 23.3 Å². The van der Waals surface area contributed by atoms with Gasteiger partial charge in [0.25, 0.3) is 10.1 Å². The molecular formula is C12H14F3N2O3S+. The molecule has 9 heteroatoms. The van der Waals surface area contributed by atoms with Crippen molar-refractivity contribution in [2.24, 2.45) is 7.05 Å². The van der Waals surface area contributed by atoms with Gasteiger partial charge in [-0.1, -0.05) is 12.1 Å². The number of fused-ring (bicyclic) bond motifs is 1. The fourth-order valence-electron chi connectivity index (χ4n) is 2.36. The van der Waals surface area contributed by atoms with Crippen LogP contribution in [0, 0.1) is 0 Å². The van der Waals surface area contributed by atoms with Crippen molar-refractivity contribution < 1.29 is 30.7 Å². The number of nitrogens with zero attached hydrogens (tertiary/aromatic N) is 2. The third kappa shape index (κ3) is 3.35. The van der Waals surface area contributed by atoms with E-state index in [-0.39, 0.29) is 13.0 Å². The highest BCUT2D eigenvalue weighted by atomic mass is 32.2. The monoisotopic (exact) mass is 323 g/mol. The first kappa shape index (κ1) is 15.8. The number of para-hydroxylation sites is 2. The Morgan fingerprint density at radius 3 is 2.48 bits per heavy atom. The van der Waals surface area contributed by atoms with Crippen LogP contribution in [0.5, 0.6) is 0 Å². The number of imidazole rings is 1. The average Bonchev–Trinajstić information content (AvgIpc) is 2.61. The van der Waals surface area contributed by atoms with E-state index < -0.39 is 27.9 Å². The number of hydrogen-bond acceptors (Lipinski definition) is 2. The van der Waals surface area contributed by atoms with Crippen LogP contribution in [0.4, 0.5) is 13.2 Å². The summed E-state index contributed by atoms with van der Waals surface area (Å²) in [5, 5.41) is 0. The Morgan fingerprint density at radius 2 is 1.90 bits per heavy atom. The summed E-state index contributed by atoms with van der Waals surface area (Å²) in [5.41, 5.74) is 0.763. The zero-order chi connectivity index (χ0) is 15.8. The normalized spacial score (nSPS) is 13.0. The summed E-state index contributed by atoms with van der Waals surface area (Å²) in [6.07, 6.45) is -4.67. The zero-order valence-corrected chi connectivity index (χ0v) is 11.9. The third-order valence-electron chi connectivity index (χ3n) is 3.14. The molecule has 0 spiro atoms. The van der Waals surface area contributed by atoms with E-state index in [1.165, 1.54) is 13.1 Å². The molecule has 0 aliphatic rings. The van der Waals surface area contributed by atoms with Crippen LogP contribution >= 0.6 is 0 Å². The van der Waals surface area contributed by atoms with Crippen LogP contribution in [0.25, 0.3) is 11.0 Å². The van der Waals surface area contributed by atoms with Crippen molar-refractivity contribution >= 4 is 21.2 Å². The van der Waals surface area contributed by atoms with E-state index in [9.17, 15) is 21.6 Å². The fraction of sp³-hybridized carbons (Fsp3) is 0.417. The highest BCUT2D eigenvalue weighted by Crippen LogP contribution is 2.30. The van der Waals surface area contributed by atoms with Crippen molar-refractivity contribution in [1.29, 1.82) is 0 Å². The van der Waals surface area contributed by atoms with E-state index in [1.54, 1.807) is 18.2 Å². The van der Waals surface area contributed by atoms with Crippen LogP contribution in [0.15, 0.2) is 24.3 Å². The standard InChI is InChI=1S/C12H13F3N2O3S/c1-16-9-5-2-3-6-10(9)17(11(16)12(13,14)15)7-4-8-21(18,19)20/h2-3,5-6H,4,7-8H2,1H3/p+1. The summed E-state index contributed by atoms with van der Waals surface area (Å²) in [4.78, 5) is 0. The number of benzene rings is 1. The summed E-state index contributed by atoms with van der Waals surface area (Å²) < 4.78 is 71.7. The van der Waals surface area contributed by atoms with Crippen LogP contribution < -0.4 is 4.57 Å². The molecule has 0 atom stereocenters. The number of aryl methyl sites for hydroxylation is 2. The molecule has 0 aliphatic heterocycles. The lowest BCUT2D eigenvalue weighted by atomic mass is 10.3. The van der Waals surface area contributed by atoms with E-state index in [2.05, 4.69) is 0 Å². The Bertz CT molecular complexity index is 766. The number of hydrogen-bond donors (Lipinski definition) is 1. The summed E-state index contributed by atoms with van der Waals surface area (Å²) in [7, 11) is -2.88. The maximum absolute atomic E-state index is 13.2. The van der Waals surface area contributed by atoms with Gasteiger partial charge >= 0.3 is 12.0 Å².